The molecule has 0 radical (unpaired) electrons. The maximum atomic E-state index is 12.7. The second-order valence-electron chi connectivity index (χ2n) is 6.57. The summed E-state index contributed by atoms with van der Waals surface area (Å²) in [5.74, 6) is 0.909. The van der Waals surface area contributed by atoms with Gasteiger partial charge >= 0.3 is 0 Å². The molecule has 0 aliphatic carbocycles. The van der Waals surface area contributed by atoms with E-state index in [1.54, 1.807) is 0 Å². The van der Waals surface area contributed by atoms with E-state index >= 15 is 0 Å². The second-order valence-corrected chi connectivity index (χ2v) is 6.57. The number of aromatic amines is 1. The smallest absolute Gasteiger partial charge is 0.239 e. The number of rotatable bonds is 4. The summed E-state index contributed by atoms with van der Waals surface area (Å²) < 4.78 is 0. The molecule has 4 N–H and O–H groups in total. The molecule has 24 heavy (non-hydrogen) atoms. The van der Waals surface area contributed by atoms with Crippen molar-refractivity contribution in [2.45, 2.75) is 37.9 Å². The summed E-state index contributed by atoms with van der Waals surface area (Å²) in [6.45, 7) is 1.41. The molecule has 3 heterocycles. The summed E-state index contributed by atoms with van der Waals surface area (Å²) in [5, 5.41) is 9.48. The highest BCUT2D eigenvalue weighted by Crippen LogP contribution is 2.44. The molecule has 0 spiro atoms. The maximum Gasteiger partial charge on any atom is 0.239 e. The molecular weight excluding hydrogens is 304 g/mol. The summed E-state index contributed by atoms with van der Waals surface area (Å²) in [6, 6.07) is 11.2. The number of nitrogen functional groups attached to an aromatic ring is 1. The van der Waals surface area contributed by atoms with Crippen LogP contribution in [0.4, 0.5) is 5.95 Å². The van der Waals surface area contributed by atoms with Crippen molar-refractivity contribution in [3.8, 4) is 0 Å². The average molecular weight is 326 g/mol. The number of amides is 1. The molecule has 0 bridgehead atoms. The average Bonchev–Trinajstić information content (AvgIpc) is 3.29. The van der Waals surface area contributed by atoms with Crippen LogP contribution in [0.1, 0.15) is 36.7 Å². The van der Waals surface area contributed by atoms with Crippen molar-refractivity contribution < 1.29 is 4.79 Å². The summed E-state index contributed by atoms with van der Waals surface area (Å²) in [7, 11) is 0. The summed E-state index contributed by atoms with van der Waals surface area (Å²) in [5.41, 5.74) is 6.79. The van der Waals surface area contributed by atoms with Gasteiger partial charge in [-0.05, 0) is 31.4 Å². The minimum absolute atomic E-state index is 0.0259. The van der Waals surface area contributed by atoms with E-state index in [4.69, 9.17) is 5.73 Å². The SMILES string of the molecule is Nc1n[nH]c(CNC(=O)[C@H]2C[C@@H](c3ccccc3)N3CCC[C@H]23)n1. The van der Waals surface area contributed by atoms with Crippen molar-refractivity contribution in [2.75, 3.05) is 12.3 Å². The van der Waals surface area contributed by atoms with Crippen LogP contribution in [-0.2, 0) is 11.3 Å². The predicted octanol–water partition coefficient (Wildman–Crippen LogP) is 1.23. The molecule has 2 aliphatic rings. The molecule has 1 aromatic carbocycles. The quantitative estimate of drug-likeness (QED) is 0.784. The molecule has 126 valence electrons. The highest BCUT2D eigenvalue weighted by molar-refractivity contribution is 5.80. The molecule has 1 aromatic heterocycles. The molecule has 2 fully saturated rings. The monoisotopic (exact) mass is 326 g/mol. The van der Waals surface area contributed by atoms with Crippen LogP contribution in [0.3, 0.4) is 0 Å². The molecule has 3 atom stereocenters. The summed E-state index contributed by atoms with van der Waals surface area (Å²) in [6.07, 6.45) is 3.13. The van der Waals surface area contributed by atoms with Crippen LogP contribution in [0.2, 0.25) is 0 Å². The van der Waals surface area contributed by atoms with Crippen molar-refractivity contribution in [3.63, 3.8) is 0 Å². The van der Waals surface area contributed by atoms with E-state index in [1.807, 2.05) is 6.07 Å². The Morgan fingerprint density at radius 1 is 1.38 bits per heavy atom. The number of benzene rings is 1. The normalized spacial score (nSPS) is 26.4. The van der Waals surface area contributed by atoms with Gasteiger partial charge in [0.25, 0.3) is 0 Å². The number of carbonyl (C=O) groups excluding carboxylic acids is 1. The van der Waals surface area contributed by atoms with Gasteiger partial charge in [-0.1, -0.05) is 30.3 Å². The first-order valence-corrected chi connectivity index (χ1v) is 8.47. The largest absolute Gasteiger partial charge is 0.367 e. The standard InChI is InChI=1S/C17H22N6O/c18-17-20-15(21-22-17)10-19-16(24)12-9-14(11-5-2-1-3-6-11)23-8-4-7-13(12)23/h1-3,5-6,12-14H,4,7-10H2,(H,19,24)(H3,18,20,21,22)/t12-,13+,14-/m0/s1. The van der Waals surface area contributed by atoms with Crippen molar-refractivity contribution in [2.24, 2.45) is 5.92 Å². The van der Waals surface area contributed by atoms with E-state index in [2.05, 4.69) is 49.7 Å². The Hall–Kier alpha value is -2.41. The fourth-order valence-corrected chi connectivity index (χ4v) is 4.14. The Labute approximate surface area is 140 Å². The number of hydrogen-bond donors (Lipinski definition) is 3. The molecule has 4 rings (SSSR count). The van der Waals surface area contributed by atoms with Gasteiger partial charge in [0.1, 0.15) is 5.82 Å². The van der Waals surface area contributed by atoms with Crippen molar-refractivity contribution >= 4 is 11.9 Å². The second kappa shape index (κ2) is 6.24. The lowest BCUT2D eigenvalue weighted by Gasteiger charge is -2.24. The zero-order chi connectivity index (χ0) is 16.5. The minimum atomic E-state index is 0.0259. The summed E-state index contributed by atoms with van der Waals surface area (Å²) in [4.78, 5) is 19.2. The van der Waals surface area contributed by atoms with Crippen LogP contribution in [0.15, 0.2) is 30.3 Å². The van der Waals surface area contributed by atoms with Crippen molar-refractivity contribution in [1.82, 2.24) is 25.4 Å². The third kappa shape index (κ3) is 2.75. The fraction of sp³-hybridized carbons (Fsp3) is 0.471. The lowest BCUT2D eigenvalue weighted by Crippen LogP contribution is -2.37. The maximum absolute atomic E-state index is 12.7. The zero-order valence-electron chi connectivity index (χ0n) is 13.5. The van der Waals surface area contributed by atoms with Gasteiger partial charge in [0.2, 0.25) is 11.9 Å². The van der Waals surface area contributed by atoms with Gasteiger partial charge in [0, 0.05) is 12.1 Å². The number of hydrogen-bond acceptors (Lipinski definition) is 5. The zero-order valence-corrected chi connectivity index (χ0v) is 13.5. The number of nitrogens with two attached hydrogens (primary N) is 1. The highest BCUT2D eigenvalue weighted by Gasteiger charge is 2.46. The van der Waals surface area contributed by atoms with Gasteiger partial charge in [-0.15, -0.1) is 5.10 Å². The van der Waals surface area contributed by atoms with Crippen LogP contribution < -0.4 is 11.1 Å². The first kappa shape index (κ1) is 15.1. The van der Waals surface area contributed by atoms with E-state index in [0.29, 0.717) is 24.5 Å². The molecule has 7 nitrogen and oxygen atoms in total. The van der Waals surface area contributed by atoms with E-state index in [1.165, 1.54) is 5.56 Å². The number of aromatic nitrogens is 3. The number of nitrogens with zero attached hydrogens (tertiary/aromatic N) is 3. The van der Waals surface area contributed by atoms with E-state index in [-0.39, 0.29) is 17.8 Å². The van der Waals surface area contributed by atoms with Crippen LogP contribution in [0.25, 0.3) is 0 Å². The fourth-order valence-electron chi connectivity index (χ4n) is 4.14. The van der Waals surface area contributed by atoms with Crippen LogP contribution >= 0.6 is 0 Å². The molecule has 2 aliphatic heterocycles. The van der Waals surface area contributed by atoms with Crippen molar-refractivity contribution in [1.29, 1.82) is 0 Å². The summed E-state index contributed by atoms with van der Waals surface area (Å²) >= 11 is 0. The van der Waals surface area contributed by atoms with Gasteiger partial charge in [0.05, 0.1) is 12.5 Å². The van der Waals surface area contributed by atoms with E-state index in [0.717, 1.165) is 25.8 Å². The molecule has 0 saturated carbocycles. The van der Waals surface area contributed by atoms with E-state index in [9.17, 15) is 4.79 Å². The highest BCUT2D eigenvalue weighted by atomic mass is 16.2. The molecular formula is C17H22N6O. The van der Waals surface area contributed by atoms with Crippen LogP contribution in [0, 0.1) is 5.92 Å². The van der Waals surface area contributed by atoms with Gasteiger partial charge in [0.15, 0.2) is 0 Å². The number of nitrogens with one attached hydrogen (secondary N) is 2. The Morgan fingerprint density at radius 2 is 2.21 bits per heavy atom. The first-order valence-electron chi connectivity index (χ1n) is 8.47. The minimum Gasteiger partial charge on any atom is -0.367 e. The Morgan fingerprint density at radius 3 is 2.96 bits per heavy atom. The molecule has 0 unspecified atom stereocenters. The third-order valence-corrected chi connectivity index (χ3v) is 5.18. The van der Waals surface area contributed by atoms with Gasteiger partial charge < -0.3 is 11.1 Å². The molecule has 2 aromatic rings. The first-order chi connectivity index (χ1) is 11.7. The van der Waals surface area contributed by atoms with Gasteiger partial charge in [-0.2, -0.15) is 4.98 Å². The van der Waals surface area contributed by atoms with Crippen LogP contribution in [-0.4, -0.2) is 38.6 Å². The number of fused-ring (bicyclic) bond motifs is 1. The molecule has 7 heteroatoms. The Balaban J connectivity index is 1.46. The lowest BCUT2D eigenvalue weighted by molar-refractivity contribution is -0.125. The number of H-pyrrole nitrogens is 1. The number of carbonyl (C=O) groups is 1. The number of anilines is 1. The lowest BCUT2D eigenvalue weighted by atomic mass is 9.93. The van der Waals surface area contributed by atoms with E-state index < -0.39 is 0 Å². The van der Waals surface area contributed by atoms with Crippen molar-refractivity contribution in [3.05, 3.63) is 41.7 Å². The Bertz CT molecular complexity index is 715. The Kier molecular flexibility index (Phi) is 3.93. The molecule has 1 amide bonds. The molecule has 2 saturated heterocycles. The van der Waals surface area contributed by atoms with Gasteiger partial charge in [-0.3, -0.25) is 14.8 Å². The third-order valence-electron chi connectivity index (χ3n) is 5.18. The van der Waals surface area contributed by atoms with Gasteiger partial charge in [-0.25, -0.2) is 0 Å². The van der Waals surface area contributed by atoms with Crippen LogP contribution in [0.5, 0.6) is 0 Å². The topological polar surface area (TPSA) is 99.9 Å². The predicted molar refractivity (Wildman–Crippen MR) is 89.7 cm³/mol.